The molecule has 0 aliphatic heterocycles. The molecule has 2 heteroatoms. The van der Waals surface area contributed by atoms with E-state index in [1.54, 1.807) is 0 Å². The summed E-state index contributed by atoms with van der Waals surface area (Å²) in [7, 11) is 0. The summed E-state index contributed by atoms with van der Waals surface area (Å²) >= 11 is 0. The Morgan fingerprint density at radius 2 is 1.88 bits per heavy atom. The zero-order valence-electron chi connectivity index (χ0n) is 11.0. The van der Waals surface area contributed by atoms with E-state index >= 15 is 0 Å². The van der Waals surface area contributed by atoms with Crippen molar-refractivity contribution in [2.45, 2.75) is 33.1 Å². The van der Waals surface area contributed by atoms with Crippen LogP contribution in [0.15, 0.2) is 24.3 Å². The fourth-order valence-corrected chi connectivity index (χ4v) is 2.23. The zero-order chi connectivity index (χ0) is 12.6. The largest absolute Gasteiger partial charge is 0.330 e. The van der Waals surface area contributed by atoms with Gasteiger partial charge >= 0.3 is 0 Å². The monoisotopic (exact) mass is 228 g/mol. The lowest BCUT2D eigenvalue weighted by Crippen LogP contribution is -2.30. The molecule has 0 amide bonds. The van der Waals surface area contributed by atoms with Crippen LogP contribution in [0.25, 0.3) is 10.9 Å². The topological polar surface area (TPSA) is 38.9 Å². The Kier molecular flexibility index (Phi) is 2.92. The van der Waals surface area contributed by atoms with E-state index < -0.39 is 0 Å². The summed E-state index contributed by atoms with van der Waals surface area (Å²) in [6, 6.07) is 8.50. The Balaban J connectivity index is 2.74. The number of hydrogen-bond donors (Lipinski definition) is 1. The quantitative estimate of drug-likeness (QED) is 0.858. The van der Waals surface area contributed by atoms with E-state index in [4.69, 9.17) is 10.7 Å². The summed E-state index contributed by atoms with van der Waals surface area (Å²) in [4.78, 5) is 4.84. The Labute approximate surface area is 103 Å². The predicted octanol–water partition coefficient (Wildman–Crippen LogP) is 3.09. The highest BCUT2D eigenvalue weighted by Crippen LogP contribution is 2.27. The molecule has 0 aliphatic rings. The highest BCUT2D eigenvalue weighted by atomic mass is 14.8. The number of rotatable bonds is 2. The van der Waals surface area contributed by atoms with Gasteiger partial charge in [0.1, 0.15) is 0 Å². The number of nitrogens with two attached hydrogens (primary N) is 1. The molecule has 0 unspecified atom stereocenters. The molecule has 1 heterocycles. The summed E-state index contributed by atoms with van der Waals surface area (Å²) in [5, 5.41) is 1.21. The molecule has 0 saturated heterocycles. The maximum Gasteiger partial charge on any atom is 0.0734 e. The molecule has 17 heavy (non-hydrogen) atoms. The molecule has 1 aromatic heterocycles. The molecular weight excluding hydrogens is 208 g/mol. The number of pyridine rings is 1. The lowest BCUT2D eigenvalue weighted by molar-refractivity contribution is 0.520. The van der Waals surface area contributed by atoms with Gasteiger partial charge in [-0.3, -0.25) is 4.98 Å². The van der Waals surface area contributed by atoms with Gasteiger partial charge in [0.25, 0.3) is 0 Å². The van der Waals surface area contributed by atoms with E-state index in [0.29, 0.717) is 6.54 Å². The van der Waals surface area contributed by atoms with Gasteiger partial charge in [0, 0.05) is 17.3 Å². The fraction of sp³-hybridized carbons (Fsp3) is 0.400. The third-order valence-corrected chi connectivity index (χ3v) is 3.39. The summed E-state index contributed by atoms with van der Waals surface area (Å²) < 4.78 is 0. The van der Waals surface area contributed by atoms with E-state index in [-0.39, 0.29) is 5.41 Å². The summed E-state index contributed by atoms with van der Waals surface area (Å²) in [6.07, 6.45) is 0. The average Bonchev–Trinajstić information content (AvgIpc) is 2.28. The van der Waals surface area contributed by atoms with Crippen LogP contribution in [0.5, 0.6) is 0 Å². The second-order valence-electron chi connectivity index (χ2n) is 5.39. The predicted molar refractivity (Wildman–Crippen MR) is 73.3 cm³/mol. The van der Waals surface area contributed by atoms with Gasteiger partial charge in [0.05, 0.1) is 11.2 Å². The molecule has 2 rings (SSSR count). The van der Waals surface area contributed by atoms with Gasteiger partial charge in [0.15, 0.2) is 0 Å². The van der Waals surface area contributed by atoms with Crippen molar-refractivity contribution in [2.75, 3.05) is 6.54 Å². The summed E-state index contributed by atoms with van der Waals surface area (Å²) in [6.45, 7) is 9.11. The average molecular weight is 228 g/mol. The van der Waals surface area contributed by atoms with Crippen molar-refractivity contribution in [2.24, 2.45) is 5.73 Å². The number of hydrogen-bond acceptors (Lipinski definition) is 2. The lowest BCUT2D eigenvalue weighted by Gasteiger charge is -2.24. The molecule has 1 aromatic carbocycles. The minimum absolute atomic E-state index is 0.0689. The van der Waals surface area contributed by atoms with Gasteiger partial charge in [-0.1, -0.05) is 32.0 Å². The molecule has 0 spiro atoms. The number of para-hydroxylation sites is 1. The van der Waals surface area contributed by atoms with Gasteiger partial charge < -0.3 is 5.73 Å². The Hall–Kier alpha value is -1.41. The zero-order valence-corrected chi connectivity index (χ0v) is 11.0. The molecule has 0 saturated carbocycles. The van der Waals surface area contributed by atoms with Crippen LogP contribution >= 0.6 is 0 Å². The van der Waals surface area contributed by atoms with Crippen molar-refractivity contribution in [3.63, 3.8) is 0 Å². The highest BCUT2D eigenvalue weighted by molar-refractivity contribution is 5.82. The first-order chi connectivity index (χ1) is 7.95. The molecule has 90 valence electrons. The Morgan fingerprint density at radius 3 is 2.53 bits per heavy atom. The minimum atomic E-state index is -0.0689. The molecule has 0 aliphatic carbocycles. The molecular formula is C15H20N2. The van der Waals surface area contributed by atoms with Crippen LogP contribution in [0.1, 0.15) is 30.7 Å². The minimum Gasteiger partial charge on any atom is -0.330 e. The Morgan fingerprint density at radius 1 is 1.18 bits per heavy atom. The SMILES string of the molecule is Cc1cc2cccc(C)c2nc1C(C)(C)CN. The van der Waals surface area contributed by atoms with Crippen LogP contribution < -0.4 is 5.73 Å². The normalized spacial score (nSPS) is 12.1. The molecule has 0 bridgehead atoms. The summed E-state index contributed by atoms with van der Waals surface area (Å²) in [5.41, 5.74) is 10.4. The van der Waals surface area contributed by atoms with Crippen molar-refractivity contribution >= 4 is 10.9 Å². The van der Waals surface area contributed by atoms with Crippen molar-refractivity contribution < 1.29 is 0 Å². The number of aryl methyl sites for hydroxylation is 2. The molecule has 2 N–H and O–H groups in total. The number of benzene rings is 1. The Bertz CT molecular complexity index is 556. The highest BCUT2D eigenvalue weighted by Gasteiger charge is 2.23. The van der Waals surface area contributed by atoms with Gasteiger partial charge in [-0.15, -0.1) is 0 Å². The van der Waals surface area contributed by atoms with Crippen molar-refractivity contribution in [3.05, 3.63) is 41.1 Å². The van der Waals surface area contributed by atoms with Gasteiger partial charge in [-0.25, -0.2) is 0 Å². The van der Waals surface area contributed by atoms with Crippen molar-refractivity contribution in [1.29, 1.82) is 0 Å². The van der Waals surface area contributed by atoms with Crippen LogP contribution in [0, 0.1) is 13.8 Å². The maximum absolute atomic E-state index is 5.85. The smallest absolute Gasteiger partial charge is 0.0734 e. The molecule has 2 nitrogen and oxygen atoms in total. The van der Waals surface area contributed by atoms with Crippen molar-refractivity contribution in [3.8, 4) is 0 Å². The molecule has 0 atom stereocenters. The summed E-state index contributed by atoms with van der Waals surface area (Å²) in [5.74, 6) is 0. The van der Waals surface area contributed by atoms with Crippen LogP contribution in [-0.4, -0.2) is 11.5 Å². The first kappa shape index (κ1) is 12.1. The van der Waals surface area contributed by atoms with E-state index in [9.17, 15) is 0 Å². The fourth-order valence-electron chi connectivity index (χ4n) is 2.23. The first-order valence-electron chi connectivity index (χ1n) is 6.03. The first-order valence-corrected chi connectivity index (χ1v) is 6.03. The van der Waals surface area contributed by atoms with E-state index in [1.807, 2.05) is 0 Å². The van der Waals surface area contributed by atoms with Crippen LogP contribution in [0.4, 0.5) is 0 Å². The van der Waals surface area contributed by atoms with E-state index in [0.717, 1.165) is 11.2 Å². The van der Waals surface area contributed by atoms with Crippen LogP contribution in [0.3, 0.4) is 0 Å². The molecule has 0 radical (unpaired) electrons. The third-order valence-electron chi connectivity index (χ3n) is 3.39. The molecule has 2 aromatic rings. The van der Waals surface area contributed by atoms with Crippen LogP contribution in [-0.2, 0) is 5.41 Å². The second kappa shape index (κ2) is 4.11. The van der Waals surface area contributed by atoms with Gasteiger partial charge in [-0.05, 0) is 31.0 Å². The second-order valence-corrected chi connectivity index (χ2v) is 5.39. The lowest BCUT2D eigenvalue weighted by atomic mass is 9.86. The maximum atomic E-state index is 5.85. The molecule has 0 fully saturated rings. The van der Waals surface area contributed by atoms with Crippen molar-refractivity contribution in [1.82, 2.24) is 4.98 Å². The van der Waals surface area contributed by atoms with E-state index in [2.05, 4.69) is 52.0 Å². The standard InChI is InChI=1S/C15H20N2/c1-10-6-5-7-12-8-11(2)14(17-13(10)12)15(3,4)9-16/h5-8H,9,16H2,1-4H3. The van der Waals surface area contributed by atoms with Crippen LogP contribution in [0.2, 0.25) is 0 Å². The number of fused-ring (bicyclic) bond motifs is 1. The van der Waals surface area contributed by atoms with E-state index in [1.165, 1.54) is 16.5 Å². The third kappa shape index (κ3) is 2.05. The van der Waals surface area contributed by atoms with Gasteiger partial charge in [-0.2, -0.15) is 0 Å². The van der Waals surface area contributed by atoms with Gasteiger partial charge in [0.2, 0.25) is 0 Å². The number of aromatic nitrogens is 1. The number of nitrogens with zero attached hydrogens (tertiary/aromatic N) is 1.